The maximum Gasteiger partial charge on any atom is 0.251 e. The number of hydrogen-bond acceptors (Lipinski definition) is 3. The molecule has 1 unspecified atom stereocenters. The molecule has 1 aromatic rings. The third-order valence-electron chi connectivity index (χ3n) is 4.17. The van der Waals surface area contributed by atoms with Gasteiger partial charge in [0.25, 0.3) is 5.91 Å². The molecule has 6 nitrogen and oxygen atoms in total. The second-order valence-corrected chi connectivity index (χ2v) is 7.29. The summed E-state index contributed by atoms with van der Waals surface area (Å²) in [7, 11) is 1.75. The monoisotopic (exact) mass is 538 g/mol. The van der Waals surface area contributed by atoms with Crippen LogP contribution in [0.5, 0.6) is 0 Å². The summed E-state index contributed by atoms with van der Waals surface area (Å²) in [6.07, 6.45) is 2.99. The van der Waals surface area contributed by atoms with Gasteiger partial charge >= 0.3 is 0 Å². The molecular formula is C18H28BrIN4O2. The van der Waals surface area contributed by atoms with Crippen molar-refractivity contribution in [2.75, 3.05) is 33.3 Å². The summed E-state index contributed by atoms with van der Waals surface area (Å²) in [5, 5.41) is 9.48. The molecule has 1 amide bonds. The SMILES string of the molecule is CN=C(NCCCNC(=O)c1cccc(Br)c1)NCC1(C)CCCO1.I. The van der Waals surface area contributed by atoms with E-state index in [1.54, 1.807) is 13.1 Å². The first-order chi connectivity index (χ1) is 12.0. The number of guanidine groups is 1. The normalized spacial score (nSPS) is 19.6. The van der Waals surface area contributed by atoms with Crippen LogP contribution in [-0.4, -0.2) is 50.8 Å². The molecule has 0 saturated carbocycles. The van der Waals surface area contributed by atoms with Crippen LogP contribution in [0.1, 0.15) is 36.5 Å². The van der Waals surface area contributed by atoms with Gasteiger partial charge < -0.3 is 20.7 Å². The summed E-state index contributed by atoms with van der Waals surface area (Å²) in [6.45, 7) is 5.04. The Kier molecular flexibility index (Phi) is 10.5. The molecule has 3 N–H and O–H groups in total. The molecule has 1 saturated heterocycles. The van der Waals surface area contributed by atoms with Crippen molar-refractivity contribution in [3.05, 3.63) is 34.3 Å². The molecule has 26 heavy (non-hydrogen) atoms. The molecule has 0 bridgehead atoms. The summed E-state index contributed by atoms with van der Waals surface area (Å²) in [5.41, 5.74) is 0.555. The van der Waals surface area contributed by atoms with Crippen molar-refractivity contribution in [1.82, 2.24) is 16.0 Å². The van der Waals surface area contributed by atoms with Crippen LogP contribution in [0.25, 0.3) is 0 Å². The van der Waals surface area contributed by atoms with E-state index in [2.05, 4.69) is 43.8 Å². The highest BCUT2D eigenvalue weighted by atomic mass is 127. The van der Waals surface area contributed by atoms with Crippen LogP contribution in [0, 0.1) is 0 Å². The summed E-state index contributed by atoms with van der Waals surface area (Å²) in [5.74, 6) is 0.699. The Hall–Kier alpha value is -0.870. The summed E-state index contributed by atoms with van der Waals surface area (Å²) >= 11 is 3.37. The lowest BCUT2D eigenvalue weighted by Gasteiger charge is -2.24. The highest BCUT2D eigenvalue weighted by Gasteiger charge is 2.29. The third-order valence-corrected chi connectivity index (χ3v) is 4.67. The Morgan fingerprint density at radius 2 is 2.08 bits per heavy atom. The van der Waals surface area contributed by atoms with Crippen LogP contribution in [-0.2, 0) is 4.74 Å². The molecule has 1 atom stereocenters. The topological polar surface area (TPSA) is 74.8 Å². The predicted molar refractivity (Wildman–Crippen MR) is 119 cm³/mol. The lowest BCUT2D eigenvalue weighted by atomic mass is 10.0. The standard InChI is InChI=1S/C18H27BrN4O2.HI/c1-18(8-4-11-25-18)13-23-17(20-2)22-10-5-9-21-16(24)14-6-3-7-15(19)12-14;/h3,6-7,12H,4-5,8-11,13H2,1-2H3,(H,21,24)(H2,20,22,23);1H. The quantitative estimate of drug-likeness (QED) is 0.216. The van der Waals surface area contributed by atoms with Gasteiger partial charge in [-0.15, -0.1) is 24.0 Å². The highest BCUT2D eigenvalue weighted by Crippen LogP contribution is 2.23. The zero-order chi connectivity index (χ0) is 18.1. The van der Waals surface area contributed by atoms with Crippen molar-refractivity contribution >= 4 is 51.8 Å². The van der Waals surface area contributed by atoms with Gasteiger partial charge in [0.15, 0.2) is 5.96 Å². The summed E-state index contributed by atoms with van der Waals surface area (Å²) in [6, 6.07) is 7.36. The van der Waals surface area contributed by atoms with E-state index in [0.717, 1.165) is 49.4 Å². The molecule has 1 heterocycles. The lowest BCUT2D eigenvalue weighted by Crippen LogP contribution is -2.46. The fourth-order valence-corrected chi connectivity index (χ4v) is 3.10. The van der Waals surface area contributed by atoms with E-state index in [-0.39, 0.29) is 35.5 Å². The first-order valence-corrected chi connectivity index (χ1v) is 9.44. The van der Waals surface area contributed by atoms with Crippen LogP contribution in [0.4, 0.5) is 0 Å². The minimum atomic E-state index is -0.102. The van der Waals surface area contributed by atoms with E-state index in [1.807, 2.05) is 18.2 Å². The molecule has 2 rings (SSSR count). The zero-order valence-corrected chi connectivity index (χ0v) is 19.2. The van der Waals surface area contributed by atoms with Gasteiger partial charge in [-0.2, -0.15) is 0 Å². The maximum absolute atomic E-state index is 12.0. The largest absolute Gasteiger partial charge is 0.373 e. The number of benzene rings is 1. The average molecular weight is 539 g/mol. The van der Waals surface area contributed by atoms with Crippen LogP contribution in [0.3, 0.4) is 0 Å². The molecule has 0 aliphatic carbocycles. The summed E-state index contributed by atoms with van der Waals surface area (Å²) < 4.78 is 6.66. The van der Waals surface area contributed by atoms with E-state index in [9.17, 15) is 4.79 Å². The molecule has 1 fully saturated rings. The van der Waals surface area contributed by atoms with E-state index in [0.29, 0.717) is 12.1 Å². The van der Waals surface area contributed by atoms with Gasteiger partial charge in [0.05, 0.1) is 5.60 Å². The highest BCUT2D eigenvalue weighted by molar-refractivity contribution is 14.0. The average Bonchev–Trinajstić information content (AvgIpc) is 3.04. The number of carbonyl (C=O) groups is 1. The van der Waals surface area contributed by atoms with Gasteiger partial charge in [-0.05, 0) is 44.4 Å². The van der Waals surface area contributed by atoms with E-state index in [4.69, 9.17) is 4.74 Å². The van der Waals surface area contributed by atoms with E-state index < -0.39 is 0 Å². The van der Waals surface area contributed by atoms with Crippen molar-refractivity contribution in [1.29, 1.82) is 0 Å². The van der Waals surface area contributed by atoms with Crippen LogP contribution >= 0.6 is 39.9 Å². The number of nitrogens with zero attached hydrogens (tertiary/aromatic N) is 1. The van der Waals surface area contributed by atoms with Crippen molar-refractivity contribution in [2.24, 2.45) is 4.99 Å². The van der Waals surface area contributed by atoms with E-state index in [1.165, 1.54) is 0 Å². The minimum absolute atomic E-state index is 0. The number of halogens is 2. The fourth-order valence-electron chi connectivity index (χ4n) is 2.70. The molecule has 0 spiro atoms. The second-order valence-electron chi connectivity index (χ2n) is 6.37. The first-order valence-electron chi connectivity index (χ1n) is 8.65. The van der Waals surface area contributed by atoms with Crippen molar-refractivity contribution in [2.45, 2.75) is 31.8 Å². The second kappa shape index (κ2) is 11.8. The number of carbonyl (C=O) groups excluding carboxylic acids is 1. The molecule has 0 aromatic heterocycles. The molecule has 1 aromatic carbocycles. The Labute approximate surface area is 181 Å². The molecule has 8 heteroatoms. The Bertz CT molecular complexity index is 607. The van der Waals surface area contributed by atoms with Crippen molar-refractivity contribution < 1.29 is 9.53 Å². The lowest BCUT2D eigenvalue weighted by molar-refractivity contribution is 0.0243. The van der Waals surface area contributed by atoms with Gasteiger partial charge in [-0.1, -0.05) is 22.0 Å². The van der Waals surface area contributed by atoms with E-state index >= 15 is 0 Å². The van der Waals surface area contributed by atoms with Crippen LogP contribution in [0.2, 0.25) is 0 Å². The van der Waals surface area contributed by atoms with Gasteiger partial charge in [0.1, 0.15) is 0 Å². The van der Waals surface area contributed by atoms with Crippen LogP contribution < -0.4 is 16.0 Å². The Morgan fingerprint density at radius 1 is 1.31 bits per heavy atom. The maximum atomic E-state index is 12.0. The Morgan fingerprint density at radius 3 is 2.73 bits per heavy atom. The Balaban J connectivity index is 0.00000338. The molecule has 0 radical (unpaired) electrons. The number of hydrogen-bond donors (Lipinski definition) is 3. The van der Waals surface area contributed by atoms with Gasteiger partial charge in [-0.3, -0.25) is 9.79 Å². The van der Waals surface area contributed by atoms with Crippen LogP contribution in [0.15, 0.2) is 33.7 Å². The van der Waals surface area contributed by atoms with Crippen molar-refractivity contribution in [3.8, 4) is 0 Å². The predicted octanol–water partition coefficient (Wildman–Crippen LogP) is 2.92. The van der Waals surface area contributed by atoms with Crippen molar-refractivity contribution in [3.63, 3.8) is 0 Å². The number of nitrogens with one attached hydrogen (secondary N) is 3. The zero-order valence-electron chi connectivity index (χ0n) is 15.3. The number of amides is 1. The molecule has 1 aliphatic heterocycles. The van der Waals surface area contributed by atoms with Gasteiger partial charge in [0.2, 0.25) is 0 Å². The third kappa shape index (κ3) is 7.79. The number of aliphatic imine (C=N–C) groups is 1. The molecule has 146 valence electrons. The smallest absolute Gasteiger partial charge is 0.251 e. The molecule has 1 aliphatic rings. The summed E-state index contributed by atoms with van der Waals surface area (Å²) in [4.78, 5) is 16.2. The fraction of sp³-hybridized carbons (Fsp3) is 0.556. The number of ether oxygens (including phenoxy) is 1. The molecular weight excluding hydrogens is 511 g/mol. The number of rotatable bonds is 7. The minimum Gasteiger partial charge on any atom is -0.373 e. The van der Waals surface area contributed by atoms with Gasteiger partial charge in [-0.25, -0.2) is 0 Å². The van der Waals surface area contributed by atoms with Gasteiger partial charge in [0, 0.05) is 43.3 Å². The first kappa shape index (κ1) is 23.2.